The van der Waals surface area contributed by atoms with Gasteiger partial charge in [0.1, 0.15) is 6.33 Å². The summed E-state index contributed by atoms with van der Waals surface area (Å²) in [6, 6.07) is 0. The van der Waals surface area contributed by atoms with E-state index in [0.29, 0.717) is 5.92 Å². The Balaban J connectivity index is 1.64. The molecule has 4 heteroatoms. The number of hydrogen-bond acceptors (Lipinski definition) is 3. The van der Waals surface area contributed by atoms with Gasteiger partial charge in [-0.1, -0.05) is 0 Å². The maximum absolute atomic E-state index is 4.51. The van der Waals surface area contributed by atoms with Crippen molar-refractivity contribution in [2.24, 2.45) is 5.92 Å². The van der Waals surface area contributed by atoms with Gasteiger partial charge in [-0.05, 0) is 38.3 Å². The van der Waals surface area contributed by atoms with Crippen LogP contribution in [-0.2, 0) is 6.54 Å². The normalized spacial score (nSPS) is 27.0. The molecule has 2 heterocycles. The zero-order chi connectivity index (χ0) is 9.38. The topological polar surface area (TPSA) is 42.7 Å². The van der Waals surface area contributed by atoms with Gasteiger partial charge < -0.3 is 5.32 Å². The lowest BCUT2D eigenvalue weighted by atomic mass is 10.1. The molecule has 3 rings (SSSR count). The fourth-order valence-corrected chi connectivity index (χ4v) is 2.06. The molecular formula is C10H16N4. The number of nitrogens with zero attached hydrogens (tertiary/aromatic N) is 3. The lowest BCUT2D eigenvalue weighted by Gasteiger charge is -2.06. The quantitative estimate of drug-likeness (QED) is 0.769. The molecule has 0 bridgehead atoms. The van der Waals surface area contributed by atoms with Gasteiger partial charge in [0.25, 0.3) is 0 Å². The van der Waals surface area contributed by atoms with E-state index in [9.17, 15) is 0 Å². The van der Waals surface area contributed by atoms with Gasteiger partial charge in [-0.25, -0.2) is 4.98 Å². The van der Waals surface area contributed by atoms with Crippen molar-refractivity contribution in [1.29, 1.82) is 0 Å². The minimum Gasteiger partial charge on any atom is -0.316 e. The molecule has 4 nitrogen and oxygen atoms in total. The molecule has 1 N–H and O–H groups in total. The first kappa shape index (κ1) is 8.41. The molecule has 0 aromatic carbocycles. The first-order valence-electron chi connectivity index (χ1n) is 5.52. The molecule has 2 fully saturated rings. The third kappa shape index (κ3) is 1.66. The van der Waals surface area contributed by atoms with E-state index in [4.69, 9.17) is 0 Å². The molecule has 76 valence electrons. The highest BCUT2D eigenvalue weighted by Gasteiger charge is 2.27. The average molecular weight is 192 g/mol. The molecule has 1 saturated carbocycles. The van der Waals surface area contributed by atoms with Crippen molar-refractivity contribution in [3.05, 3.63) is 12.2 Å². The highest BCUT2D eigenvalue weighted by atomic mass is 15.3. The summed E-state index contributed by atoms with van der Waals surface area (Å²) < 4.78 is 2.02. The second kappa shape index (κ2) is 3.35. The van der Waals surface area contributed by atoms with Crippen molar-refractivity contribution in [2.45, 2.75) is 31.7 Å². The molecule has 1 aromatic heterocycles. The molecule has 1 unspecified atom stereocenters. The summed E-state index contributed by atoms with van der Waals surface area (Å²) in [5, 5.41) is 7.89. The summed E-state index contributed by atoms with van der Waals surface area (Å²) in [6.07, 6.45) is 5.74. The first-order chi connectivity index (χ1) is 6.92. The van der Waals surface area contributed by atoms with Gasteiger partial charge in [0, 0.05) is 12.5 Å². The maximum atomic E-state index is 4.51. The van der Waals surface area contributed by atoms with Gasteiger partial charge in [-0.15, -0.1) is 0 Å². The second-order valence-corrected chi connectivity index (χ2v) is 4.46. The van der Waals surface area contributed by atoms with Crippen LogP contribution >= 0.6 is 0 Å². The van der Waals surface area contributed by atoms with Crippen LogP contribution in [0.4, 0.5) is 0 Å². The Morgan fingerprint density at radius 3 is 3.07 bits per heavy atom. The highest BCUT2D eigenvalue weighted by molar-refractivity contribution is 5.02. The van der Waals surface area contributed by atoms with Crippen LogP contribution in [0.5, 0.6) is 0 Å². The Labute approximate surface area is 83.7 Å². The van der Waals surface area contributed by atoms with Crippen molar-refractivity contribution < 1.29 is 0 Å². The van der Waals surface area contributed by atoms with Gasteiger partial charge in [0.15, 0.2) is 5.82 Å². The van der Waals surface area contributed by atoms with Crippen molar-refractivity contribution >= 4 is 0 Å². The van der Waals surface area contributed by atoms with Gasteiger partial charge >= 0.3 is 0 Å². The Kier molecular flexibility index (Phi) is 2.01. The summed E-state index contributed by atoms with van der Waals surface area (Å²) in [4.78, 5) is 4.35. The van der Waals surface area contributed by atoms with Crippen LogP contribution in [0.2, 0.25) is 0 Å². The lowest BCUT2D eigenvalue weighted by molar-refractivity contribution is 0.446. The van der Waals surface area contributed by atoms with Gasteiger partial charge in [-0.2, -0.15) is 5.10 Å². The van der Waals surface area contributed by atoms with Crippen molar-refractivity contribution in [2.75, 3.05) is 13.1 Å². The number of hydrogen-bond donors (Lipinski definition) is 1. The van der Waals surface area contributed by atoms with Crippen molar-refractivity contribution in [3.8, 4) is 0 Å². The van der Waals surface area contributed by atoms with E-state index in [0.717, 1.165) is 31.4 Å². The van der Waals surface area contributed by atoms with Crippen LogP contribution in [0.3, 0.4) is 0 Å². The van der Waals surface area contributed by atoms with Gasteiger partial charge in [0.2, 0.25) is 0 Å². The van der Waals surface area contributed by atoms with E-state index in [-0.39, 0.29) is 0 Å². The molecule has 0 spiro atoms. The molecule has 1 saturated heterocycles. The SMILES string of the molecule is c1nc(C2CC2)nn1CC1CCNC1. The molecule has 1 atom stereocenters. The van der Waals surface area contributed by atoms with Crippen molar-refractivity contribution in [3.63, 3.8) is 0 Å². The van der Waals surface area contributed by atoms with E-state index < -0.39 is 0 Å². The van der Waals surface area contributed by atoms with E-state index in [1.807, 2.05) is 11.0 Å². The van der Waals surface area contributed by atoms with Gasteiger partial charge in [0.05, 0.1) is 0 Å². The Morgan fingerprint density at radius 1 is 1.43 bits per heavy atom. The van der Waals surface area contributed by atoms with Crippen LogP contribution in [-0.4, -0.2) is 27.9 Å². The van der Waals surface area contributed by atoms with Gasteiger partial charge in [-0.3, -0.25) is 4.68 Å². The van der Waals surface area contributed by atoms with Crippen LogP contribution in [0, 0.1) is 5.92 Å². The van der Waals surface area contributed by atoms with Crippen LogP contribution in [0.25, 0.3) is 0 Å². The predicted molar refractivity (Wildman–Crippen MR) is 53.0 cm³/mol. The Hall–Kier alpha value is -0.900. The van der Waals surface area contributed by atoms with E-state index in [1.54, 1.807) is 0 Å². The Morgan fingerprint density at radius 2 is 2.36 bits per heavy atom. The standard InChI is InChI=1S/C10H16N4/c1-2-9(1)10-12-7-14(13-10)6-8-3-4-11-5-8/h7-9,11H,1-6H2. The highest BCUT2D eigenvalue weighted by Crippen LogP contribution is 2.37. The summed E-state index contributed by atoms with van der Waals surface area (Å²) in [5.74, 6) is 2.50. The van der Waals surface area contributed by atoms with E-state index in [2.05, 4.69) is 15.4 Å². The van der Waals surface area contributed by atoms with Crippen LogP contribution < -0.4 is 5.32 Å². The lowest BCUT2D eigenvalue weighted by Crippen LogP contribution is -2.14. The predicted octanol–water partition coefficient (Wildman–Crippen LogP) is 0.765. The minimum absolute atomic E-state index is 0.679. The molecule has 1 aromatic rings. The number of nitrogens with one attached hydrogen (secondary N) is 1. The molecule has 0 radical (unpaired) electrons. The summed E-state index contributed by atoms with van der Waals surface area (Å²) >= 11 is 0. The average Bonchev–Trinajstić information content (AvgIpc) is 2.75. The van der Waals surface area contributed by atoms with E-state index in [1.165, 1.54) is 19.3 Å². The molecular weight excluding hydrogens is 176 g/mol. The fourth-order valence-electron chi connectivity index (χ4n) is 2.06. The smallest absolute Gasteiger partial charge is 0.153 e. The first-order valence-corrected chi connectivity index (χ1v) is 5.52. The summed E-state index contributed by atoms with van der Waals surface area (Å²) in [5.41, 5.74) is 0. The summed E-state index contributed by atoms with van der Waals surface area (Å²) in [6.45, 7) is 3.33. The molecule has 1 aliphatic carbocycles. The minimum atomic E-state index is 0.679. The Bertz CT molecular complexity index is 310. The van der Waals surface area contributed by atoms with Crippen LogP contribution in [0.15, 0.2) is 6.33 Å². The third-order valence-electron chi connectivity index (χ3n) is 3.10. The number of rotatable bonds is 3. The number of aromatic nitrogens is 3. The monoisotopic (exact) mass is 192 g/mol. The second-order valence-electron chi connectivity index (χ2n) is 4.46. The summed E-state index contributed by atoms with van der Waals surface area (Å²) in [7, 11) is 0. The van der Waals surface area contributed by atoms with Crippen LogP contribution in [0.1, 0.15) is 31.0 Å². The zero-order valence-corrected chi connectivity index (χ0v) is 8.32. The third-order valence-corrected chi connectivity index (χ3v) is 3.10. The van der Waals surface area contributed by atoms with Crippen molar-refractivity contribution in [1.82, 2.24) is 20.1 Å². The zero-order valence-electron chi connectivity index (χ0n) is 8.32. The molecule has 2 aliphatic rings. The maximum Gasteiger partial charge on any atom is 0.153 e. The largest absolute Gasteiger partial charge is 0.316 e. The fraction of sp³-hybridized carbons (Fsp3) is 0.800. The molecule has 0 amide bonds. The molecule has 1 aliphatic heterocycles. The molecule has 14 heavy (non-hydrogen) atoms. The van der Waals surface area contributed by atoms with E-state index >= 15 is 0 Å².